The van der Waals surface area contributed by atoms with Gasteiger partial charge in [0.1, 0.15) is 5.92 Å². The molecule has 7 heteroatoms. The van der Waals surface area contributed by atoms with E-state index in [0.717, 1.165) is 0 Å². The van der Waals surface area contributed by atoms with Gasteiger partial charge in [-0.05, 0) is 27.2 Å². The molecule has 7 nitrogen and oxygen atoms in total. The highest BCUT2D eigenvalue weighted by Crippen LogP contribution is 2.24. The zero-order valence-electron chi connectivity index (χ0n) is 13.9. The predicted molar refractivity (Wildman–Crippen MR) is 81.3 cm³/mol. The first-order valence-electron chi connectivity index (χ1n) is 8.12. The number of esters is 1. The van der Waals surface area contributed by atoms with Crippen molar-refractivity contribution in [3.8, 4) is 0 Å². The third kappa shape index (κ3) is 3.71. The highest BCUT2D eigenvalue weighted by atomic mass is 16.5. The Labute approximate surface area is 135 Å². The van der Waals surface area contributed by atoms with E-state index in [1.165, 1.54) is 4.90 Å². The third-order valence-corrected chi connectivity index (χ3v) is 4.44. The van der Waals surface area contributed by atoms with E-state index in [-0.39, 0.29) is 49.6 Å². The van der Waals surface area contributed by atoms with E-state index < -0.39 is 17.8 Å². The zero-order chi connectivity index (χ0) is 17.1. The van der Waals surface area contributed by atoms with E-state index in [1.54, 1.807) is 11.8 Å². The summed E-state index contributed by atoms with van der Waals surface area (Å²) in [6.45, 7) is 6.44. The van der Waals surface area contributed by atoms with Crippen molar-refractivity contribution >= 4 is 23.6 Å². The zero-order valence-corrected chi connectivity index (χ0v) is 13.9. The van der Waals surface area contributed by atoms with E-state index in [4.69, 9.17) is 4.74 Å². The van der Waals surface area contributed by atoms with Crippen LogP contribution in [-0.4, -0.2) is 65.6 Å². The van der Waals surface area contributed by atoms with Gasteiger partial charge >= 0.3 is 5.97 Å². The molecule has 2 aliphatic heterocycles. The molecule has 2 heterocycles. The Kier molecular flexibility index (Phi) is 5.38. The molecule has 2 atom stereocenters. The van der Waals surface area contributed by atoms with Crippen molar-refractivity contribution in [2.75, 3.05) is 26.2 Å². The molecular formula is C16H24N2O5. The van der Waals surface area contributed by atoms with Gasteiger partial charge in [-0.25, -0.2) is 0 Å². The van der Waals surface area contributed by atoms with Gasteiger partial charge in [-0.1, -0.05) is 0 Å². The lowest BCUT2D eigenvalue weighted by molar-refractivity contribution is -0.156. The molecule has 2 aliphatic rings. The van der Waals surface area contributed by atoms with Crippen LogP contribution in [0.5, 0.6) is 0 Å². The fraction of sp³-hybridized carbons (Fsp3) is 0.750. The first kappa shape index (κ1) is 17.4. The first-order valence-corrected chi connectivity index (χ1v) is 8.12. The molecule has 0 radical (unpaired) electrons. The molecule has 128 valence electrons. The molecule has 0 bridgehead atoms. The number of hydrogen-bond acceptors (Lipinski definition) is 5. The molecule has 23 heavy (non-hydrogen) atoms. The van der Waals surface area contributed by atoms with Gasteiger partial charge in [0.05, 0.1) is 19.1 Å². The van der Waals surface area contributed by atoms with Gasteiger partial charge in [0, 0.05) is 25.6 Å². The number of hydrogen-bond donors (Lipinski definition) is 0. The number of likely N-dealkylation sites (tertiary alicyclic amines) is 2. The summed E-state index contributed by atoms with van der Waals surface area (Å²) in [4.78, 5) is 51.4. The van der Waals surface area contributed by atoms with Crippen LogP contribution < -0.4 is 0 Å². The van der Waals surface area contributed by atoms with Crippen LogP contribution in [0.3, 0.4) is 0 Å². The van der Waals surface area contributed by atoms with Crippen LogP contribution in [0.4, 0.5) is 0 Å². The maximum atomic E-state index is 12.5. The van der Waals surface area contributed by atoms with Gasteiger partial charge in [0.15, 0.2) is 5.78 Å². The maximum Gasteiger partial charge on any atom is 0.316 e. The van der Waals surface area contributed by atoms with Gasteiger partial charge in [-0.15, -0.1) is 0 Å². The van der Waals surface area contributed by atoms with Gasteiger partial charge in [-0.3, -0.25) is 19.2 Å². The lowest BCUT2D eigenvalue weighted by atomic mass is 9.94. The van der Waals surface area contributed by atoms with Crippen LogP contribution in [-0.2, 0) is 23.9 Å². The Balaban J connectivity index is 1.94. The van der Waals surface area contributed by atoms with E-state index in [2.05, 4.69) is 0 Å². The summed E-state index contributed by atoms with van der Waals surface area (Å²) in [5.41, 5.74) is 0. The lowest BCUT2D eigenvalue weighted by Crippen LogP contribution is -2.49. The Hall–Kier alpha value is -1.92. The Morgan fingerprint density at radius 2 is 2.00 bits per heavy atom. The average molecular weight is 324 g/mol. The molecule has 2 amide bonds. The van der Waals surface area contributed by atoms with Crippen LogP contribution in [0.15, 0.2) is 0 Å². The normalized spacial score (nSPS) is 25.2. The van der Waals surface area contributed by atoms with Gasteiger partial charge in [0.25, 0.3) is 0 Å². The minimum atomic E-state index is -0.767. The third-order valence-electron chi connectivity index (χ3n) is 4.44. The van der Waals surface area contributed by atoms with Crippen molar-refractivity contribution in [1.82, 2.24) is 9.80 Å². The average Bonchev–Trinajstić information content (AvgIpc) is 2.88. The number of ether oxygens (including phenoxy) is 1. The predicted octanol–water partition coefficient (Wildman–Crippen LogP) is 0.224. The van der Waals surface area contributed by atoms with Gasteiger partial charge < -0.3 is 14.5 Å². The van der Waals surface area contributed by atoms with Crippen molar-refractivity contribution in [2.24, 2.45) is 11.8 Å². The Morgan fingerprint density at radius 3 is 2.52 bits per heavy atom. The summed E-state index contributed by atoms with van der Waals surface area (Å²) >= 11 is 0. The number of piperidine rings is 1. The summed E-state index contributed by atoms with van der Waals surface area (Å²) in [5.74, 6) is -2.14. The highest BCUT2D eigenvalue weighted by Gasteiger charge is 2.41. The van der Waals surface area contributed by atoms with Gasteiger partial charge in [0.2, 0.25) is 11.8 Å². The molecule has 2 unspecified atom stereocenters. The molecule has 0 spiro atoms. The Bertz CT molecular complexity index is 517. The number of nitrogens with zero attached hydrogens (tertiary/aromatic N) is 2. The molecule has 0 aromatic carbocycles. The number of Topliss-reactive ketones (excluding diaryl/α,β-unsaturated/α-hetero) is 1. The lowest BCUT2D eigenvalue weighted by Gasteiger charge is -2.31. The first-order chi connectivity index (χ1) is 10.8. The van der Waals surface area contributed by atoms with Crippen LogP contribution >= 0.6 is 0 Å². The molecule has 0 aliphatic carbocycles. The van der Waals surface area contributed by atoms with E-state index in [9.17, 15) is 19.2 Å². The second-order valence-corrected chi connectivity index (χ2v) is 6.36. The summed E-state index contributed by atoms with van der Waals surface area (Å²) in [6, 6.07) is 0.0662. The SMILES string of the molecule is CCOC(=O)C1CCN(C(=O)C2CC(=O)N(C(C)C)C2)CC1=O. The van der Waals surface area contributed by atoms with Crippen molar-refractivity contribution in [3.05, 3.63) is 0 Å². The van der Waals surface area contributed by atoms with Crippen LogP contribution in [0, 0.1) is 11.8 Å². The second kappa shape index (κ2) is 7.10. The molecule has 0 N–H and O–H groups in total. The van der Waals surface area contributed by atoms with Crippen LogP contribution in [0.1, 0.15) is 33.6 Å². The van der Waals surface area contributed by atoms with Crippen molar-refractivity contribution in [2.45, 2.75) is 39.7 Å². The largest absolute Gasteiger partial charge is 0.465 e. The Morgan fingerprint density at radius 1 is 1.30 bits per heavy atom. The quantitative estimate of drug-likeness (QED) is 0.546. The highest BCUT2D eigenvalue weighted by molar-refractivity contribution is 6.02. The number of amides is 2. The summed E-state index contributed by atoms with van der Waals surface area (Å²) in [5, 5.41) is 0. The summed E-state index contributed by atoms with van der Waals surface area (Å²) in [7, 11) is 0. The minimum Gasteiger partial charge on any atom is -0.465 e. The van der Waals surface area contributed by atoms with E-state index >= 15 is 0 Å². The number of ketones is 1. The minimum absolute atomic E-state index is 0.0221. The second-order valence-electron chi connectivity index (χ2n) is 6.36. The molecule has 0 saturated carbocycles. The molecule has 0 aromatic rings. The summed E-state index contributed by atoms with van der Waals surface area (Å²) < 4.78 is 4.89. The maximum absolute atomic E-state index is 12.5. The molecule has 2 saturated heterocycles. The number of rotatable bonds is 4. The van der Waals surface area contributed by atoms with Crippen molar-refractivity contribution in [1.29, 1.82) is 0 Å². The molecule has 2 rings (SSSR count). The van der Waals surface area contributed by atoms with E-state index in [0.29, 0.717) is 13.1 Å². The topological polar surface area (TPSA) is 84.0 Å². The molecule has 2 fully saturated rings. The van der Waals surface area contributed by atoms with Gasteiger partial charge in [-0.2, -0.15) is 0 Å². The standard InChI is InChI=1S/C16H24N2O5/c1-4-23-16(22)12-5-6-17(9-13(12)19)15(21)11-7-14(20)18(8-11)10(2)3/h10-12H,4-9H2,1-3H3. The smallest absolute Gasteiger partial charge is 0.316 e. The fourth-order valence-electron chi connectivity index (χ4n) is 3.16. The van der Waals surface area contributed by atoms with E-state index in [1.807, 2.05) is 13.8 Å². The number of carbonyl (C=O) groups is 4. The van der Waals surface area contributed by atoms with Crippen LogP contribution in [0.25, 0.3) is 0 Å². The van der Waals surface area contributed by atoms with Crippen molar-refractivity contribution < 1.29 is 23.9 Å². The van der Waals surface area contributed by atoms with Crippen molar-refractivity contribution in [3.63, 3.8) is 0 Å². The molecule has 0 aromatic heterocycles. The fourth-order valence-corrected chi connectivity index (χ4v) is 3.16. The molecular weight excluding hydrogens is 300 g/mol. The summed E-state index contributed by atoms with van der Waals surface area (Å²) in [6.07, 6.45) is 0.487. The number of carbonyl (C=O) groups excluding carboxylic acids is 4. The monoisotopic (exact) mass is 324 g/mol. The van der Waals surface area contributed by atoms with Crippen LogP contribution in [0.2, 0.25) is 0 Å².